The van der Waals surface area contributed by atoms with Crippen LogP contribution in [0, 0.1) is 17.6 Å². The summed E-state index contributed by atoms with van der Waals surface area (Å²) in [6.07, 6.45) is 3.94. The van der Waals surface area contributed by atoms with Gasteiger partial charge < -0.3 is 4.90 Å². The predicted molar refractivity (Wildman–Crippen MR) is 97.2 cm³/mol. The number of benzene rings is 1. The molecule has 2 aromatic rings. The van der Waals surface area contributed by atoms with Gasteiger partial charge in [0, 0.05) is 62.9 Å². The number of nitrogens with zero attached hydrogens (tertiary/aromatic N) is 5. The Morgan fingerprint density at radius 2 is 1.96 bits per heavy atom. The maximum absolute atomic E-state index is 13.6. The van der Waals surface area contributed by atoms with E-state index in [1.54, 1.807) is 11.1 Å². The zero-order valence-corrected chi connectivity index (χ0v) is 15.2. The van der Waals surface area contributed by atoms with Crippen LogP contribution in [-0.2, 0) is 13.1 Å². The van der Waals surface area contributed by atoms with Crippen LogP contribution in [0.15, 0.2) is 29.5 Å². The van der Waals surface area contributed by atoms with Crippen LogP contribution >= 0.6 is 0 Å². The highest BCUT2D eigenvalue weighted by Gasteiger charge is 2.39. The largest absolute Gasteiger partial charge is 0.341 e. The van der Waals surface area contributed by atoms with Gasteiger partial charge in [0.15, 0.2) is 0 Å². The second-order valence-corrected chi connectivity index (χ2v) is 7.69. The third-order valence-corrected chi connectivity index (χ3v) is 5.62. The van der Waals surface area contributed by atoms with E-state index in [9.17, 15) is 13.6 Å². The van der Waals surface area contributed by atoms with E-state index < -0.39 is 17.7 Å². The van der Waals surface area contributed by atoms with Crippen LogP contribution in [0.1, 0.15) is 29.3 Å². The Bertz CT molecular complexity index is 898. The number of amides is 2. The summed E-state index contributed by atoms with van der Waals surface area (Å²) in [6, 6.07) is 2.68. The van der Waals surface area contributed by atoms with E-state index >= 15 is 0 Å². The molecule has 3 aliphatic rings. The predicted octanol–water partition coefficient (Wildman–Crippen LogP) is 2.49. The normalized spacial score (nSPS) is 22.0. The lowest BCUT2D eigenvalue weighted by Crippen LogP contribution is -2.56. The SMILES string of the molecule is O=C(N1CC(CN2Cc3cn[nH]c3C2)C1)N1N=CC[C@H]1c1cc(F)cc(F)c1. The van der Waals surface area contributed by atoms with E-state index in [4.69, 9.17) is 0 Å². The van der Waals surface area contributed by atoms with Gasteiger partial charge in [-0.3, -0.25) is 10.00 Å². The molecular weight excluding hydrogens is 366 g/mol. The maximum Gasteiger partial charge on any atom is 0.341 e. The van der Waals surface area contributed by atoms with Crippen molar-refractivity contribution in [2.45, 2.75) is 25.6 Å². The summed E-state index contributed by atoms with van der Waals surface area (Å²) in [7, 11) is 0. The van der Waals surface area contributed by atoms with Gasteiger partial charge in [-0.1, -0.05) is 0 Å². The Balaban J connectivity index is 1.18. The molecule has 28 heavy (non-hydrogen) atoms. The summed E-state index contributed by atoms with van der Waals surface area (Å²) in [5, 5.41) is 12.6. The van der Waals surface area contributed by atoms with Crippen molar-refractivity contribution in [1.29, 1.82) is 0 Å². The molecule has 1 aromatic carbocycles. The first-order valence-electron chi connectivity index (χ1n) is 9.37. The van der Waals surface area contributed by atoms with E-state index in [1.807, 2.05) is 6.20 Å². The molecule has 1 saturated heterocycles. The number of carbonyl (C=O) groups is 1. The average molecular weight is 386 g/mol. The number of H-pyrrole nitrogens is 1. The van der Waals surface area contributed by atoms with Crippen molar-refractivity contribution >= 4 is 12.2 Å². The molecule has 0 unspecified atom stereocenters. The molecule has 1 fully saturated rings. The smallest absolute Gasteiger partial charge is 0.322 e. The molecule has 4 heterocycles. The fourth-order valence-electron chi connectivity index (χ4n) is 4.25. The van der Waals surface area contributed by atoms with Crippen LogP contribution in [0.3, 0.4) is 0 Å². The highest BCUT2D eigenvalue weighted by molar-refractivity contribution is 5.79. The molecule has 0 spiro atoms. The van der Waals surface area contributed by atoms with Crippen molar-refractivity contribution in [2.24, 2.45) is 11.0 Å². The molecule has 0 aliphatic carbocycles. The fourth-order valence-corrected chi connectivity index (χ4v) is 4.25. The molecule has 3 aliphatic heterocycles. The Kier molecular flexibility index (Phi) is 4.12. The van der Waals surface area contributed by atoms with Gasteiger partial charge in [0.25, 0.3) is 0 Å². The molecular formula is C19H20F2N6O. The van der Waals surface area contributed by atoms with Crippen LogP contribution in [0.4, 0.5) is 13.6 Å². The minimum Gasteiger partial charge on any atom is -0.322 e. The lowest BCUT2D eigenvalue weighted by atomic mass is 9.99. The number of nitrogens with one attached hydrogen (secondary N) is 1. The van der Waals surface area contributed by atoms with Gasteiger partial charge in [-0.25, -0.2) is 18.6 Å². The van der Waals surface area contributed by atoms with Crippen molar-refractivity contribution in [3.8, 4) is 0 Å². The highest BCUT2D eigenvalue weighted by atomic mass is 19.1. The number of fused-ring (bicyclic) bond motifs is 1. The van der Waals surface area contributed by atoms with Gasteiger partial charge in [-0.05, 0) is 17.7 Å². The number of aromatic nitrogens is 2. The Morgan fingerprint density at radius 1 is 1.18 bits per heavy atom. The number of halogens is 2. The number of hydrazone groups is 1. The summed E-state index contributed by atoms with van der Waals surface area (Å²) in [4.78, 5) is 16.9. The number of rotatable bonds is 3. The van der Waals surface area contributed by atoms with E-state index in [2.05, 4.69) is 20.2 Å². The first kappa shape index (κ1) is 17.3. The molecule has 0 bridgehead atoms. The molecule has 0 saturated carbocycles. The lowest BCUT2D eigenvalue weighted by Gasteiger charge is -2.42. The Morgan fingerprint density at radius 3 is 2.71 bits per heavy atom. The third kappa shape index (κ3) is 3.05. The molecule has 2 amide bonds. The second kappa shape index (κ2) is 6.66. The van der Waals surface area contributed by atoms with Crippen molar-refractivity contribution in [3.63, 3.8) is 0 Å². The number of urea groups is 1. The zero-order chi connectivity index (χ0) is 19.3. The first-order valence-corrected chi connectivity index (χ1v) is 9.37. The van der Waals surface area contributed by atoms with Crippen LogP contribution in [-0.4, -0.2) is 56.9 Å². The van der Waals surface area contributed by atoms with Gasteiger partial charge in [-0.2, -0.15) is 10.2 Å². The fraction of sp³-hybridized carbons (Fsp3) is 0.421. The summed E-state index contributed by atoms with van der Waals surface area (Å²) < 4.78 is 27.1. The van der Waals surface area contributed by atoms with Gasteiger partial charge in [-0.15, -0.1) is 0 Å². The average Bonchev–Trinajstić information content (AvgIpc) is 3.31. The van der Waals surface area contributed by atoms with Gasteiger partial charge in [0.1, 0.15) is 11.6 Å². The van der Waals surface area contributed by atoms with Crippen LogP contribution in [0.25, 0.3) is 0 Å². The standard InChI is InChI=1S/C19H20F2N6O/c20-15-3-13(4-16(21)5-15)18-1-2-23-27(18)19(28)26-8-12(9-26)7-25-10-14-6-22-24-17(14)11-25/h2-6,12,18H,1,7-11H2,(H,22,24)/t18-/m0/s1. The number of hydrogen-bond acceptors (Lipinski definition) is 4. The summed E-state index contributed by atoms with van der Waals surface area (Å²) in [5.74, 6) is -0.884. The van der Waals surface area contributed by atoms with E-state index in [0.717, 1.165) is 25.7 Å². The molecule has 7 nitrogen and oxygen atoms in total. The topological polar surface area (TPSA) is 67.8 Å². The lowest BCUT2D eigenvalue weighted by molar-refractivity contribution is 0.0631. The number of likely N-dealkylation sites (tertiary alicyclic amines) is 1. The molecule has 146 valence electrons. The number of carbonyl (C=O) groups excluding carboxylic acids is 1. The van der Waals surface area contributed by atoms with Gasteiger partial charge in [0.05, 0.1) is 17.9 Å². The summed E-state index contributed by atoms with van der Waals surface area (Å²) in [6.45, 7) is 4.01. The quantitative estimate of drug-likeness (QED) is 0.881. The monoisotopic (exact) mass is 386 g/mol. The molecule has 5 rings (SSSR count). The minimum atomic E-state index is -0.649. The van der Waals surface area contributed by atoms with Crippen molar-refractivity contribution in [3.05, 3.63) is 52.9 Å². The van der Waals surface area contributed by atoms with Crippen molar-refractivity contribution in [1.82, 2.24) is 25.0 Å². The third-order valence-electron chi connectivity index (χ3n) is 5.62. The summed E-state index contributed by atoms with van der Waals surface area (Å²) in [5.41, 5.74) is 2.83. The number of hydrogen-bond donors (Lipinski definition) is 1. The van der Waals surface area contributed by atoms with E-state index in [1.165, 1.54) is 28.4 Å². The Hall–Kier alpha value is -2.81. The molecule has 1 atom stereocenters. The molecule has 0 radical (unpaired) electrons. The Labute approximate surface area is 160 Å². The van der Waals surface area contributed by atoms with Crippen molar-refractivity contribution in [2.75, 3.05) is 19.6 Å². The van der Waals surface area contributed by atoms with Gasteiger partial charge in [0.2, 0.25) is 0 Å². The van der Waals surface area contributed by atoms with Gasteiger partial charge >= 0.3 is 6.03 Å². The highest BCUT2D eigenvalue weighted by Crippen LogP contribution is 2.32. The summed E-state index contributed by atoms with van der Waals surface area (Å²) >= 11 is 0. The molecule has 1 N–H and O–H groups in total. The van der Waals surface area contributed by atoms with Crippen LogP contribution in [0.2, 0.25) is 0 Å². The van der Waals surface area contributed by atoms with E-state index in [0.29, 0.717) is 31.0 Å². The minimum absolute atomic E-state index is 0.212. The van der Waals surface area contributed by atoms with Crippen LogP contribution < -0.4 is 0 Å². The molecule has 1 aromatic heterocycles. The van der Waals surface area contributed by atoms with Crippen LogP contribution in [0.5, 0.6) is 0 Å². The zero-order valence-electron chi connectivity index (χ0n) is 15.2. The van der Waals surface area contributed by atoms with E-state index in [-0.39, 0.29) is 6.03 Å². The maximum atomic E-state index is 13.6. The molecule has 9 heteroatoms. The van der Waals surface area contributed by atoms with Crippen molar-refractivity contribution < 1.29 is 13.6 Å². The number of aromatic amines is 1. The second-order valence-electron chi connectivity index (χ2n) is 7.69. The first-order chi connectivity index (χ1) is 13.6.